The molecule has 2 aromatic rings. The van der Waals surface area contributed by atoms with E-state index in [1.165, 1.54) is 0 Å². The maximum Gasteiger partial charge on any atom is 0.322 e. The molecule has 2 rings (SSSR count). The van der Waals surface area contributed by atoms with Crippen LogP contribution in [0, 0.1) is 10.7 Å². The number of hydrogen-bond donors (Lipinski definition) is 1. The number of ether oxygens (including phenoxy) is 1. The van der Waals surface area contributed by atoms with E-state index in [4.69, 9.17) is 15.1 Å². The average Bonchev–Trinajstić information content (AvgIpc) is 2.43. The Labute approximate surface area is 114 Å². The van der Waals surface area contributed by atoms with Crippen LogP contribution in [0.15, 0.2) is 36.4 Å². The molecule has 96 valence electrons. The zero-order valence-electron chi connectivity index (χ0n) is 10.2. The lowest BCUT2D eigenvalue weighted by atomic mass is 10.0. The first-order valence-electron chi connectivity index (χ1n) is 5.51. The standard InChI is InChI=1S/C14H11NO3S/c1-18-12-5-4-9-6-11(3-2-10(9)7-12)13(14(16)17)19-8-15/h2-7,13H,1H3,(H,16,17). The van der Waals surface area contributed by atoms with Gasteiger partial charge in [0.05, 0.1) is 7.11 Å². The van der Waals surface area contributed by atoms with Gasteiger partial charge in [0.1, 0.15) is 16.4 Å². The molecule has 1 unspecified atom stereocenters. The van der Waals surface area contributed by atoms with Gasteiger partial charge in [-0.15, -0.1) is 0 Å². The summed E-state index contributed by atoms with van der Waals surface area (Å²) in [5, 5.41) is 20.6. The van der Waals surface area contributed by atoms with E-state index >= 15 is 0 Å². The van der Waals surface area contributed by atoms with Crippen LogP contribution >= 0.6 is 11.8 Å². The van der Waals surface area contributed by atoms with Crippen molar-refractivity contribution < 1.29 is 14.6 Å². The first kappa shape index (κ1) is 13.2. The summed E-state index contributed by atoms with van der Waals surface area (Å²) in [6.07, 6.45) is 0. The summed E-state index contributed by atoms with van der Waals surface area (Å²) in [4.78, 5) is 11.1. The van der Waals surface area contributed by atoms with Crippen LogP contribution in [0.4, 0.5) is 0 Å². The van der Waals surface area contributed by atoms with Crippen LogP contribution < -0.4 is 4.74 Å². The molecule has 0 aliphatic rings. The van der Waals surface area contributed by atoms with Crippen molar-refractivity contribution in [2.24, 2.45) is 0 Å². The third-order valence-electron chi connectivity index (χ3n) is 2.77. The molecule has 0 radical (unpaired) electrons. The summed E-state index contributed by atoms with van der Waals surface area (Å²) in [7, 11) is 1.60. The Kier molecular flexibility index (Phi) is 3.93. The van der Waals surface area contributed by atoms with E-state index in [-0.39, 0.29) is 0 Å². The number of benzene rings is 2. The molecule has 0 amide bonds. The van der Waals surface area contributed by atoms with Crippen LogP contribution in [0.25, 0.3) is 10.8 Å². The number of fused-ring (bicyclic) bond motifs is 1. The molecule has 5 heteroatoms. The largest absolute Gasteiger partial charge is 0.497 e. The van der Waals surface area contributed by atoms with Gasteiger partial charge in [0.15, 0.2) is 0 Å². The van der Waals surface area contributed by atoms with Gasteiger partial charge in [-0.3, -0.25) is 4.79 Å². The van der Waals surface area contributed by atoms with Gasteiger partial charge < -0.3 is 9.84 Å². The maximum absolute atomic E-state index is 11.1. The van der Waals surface area contributed by atoms with Crippen molar-refractivity contribution in [2.75, 3.05) is 7.11 Å². The smallest absolute Gasteiger partial charge is 0.322 e. The lowest BCUT2D eigenvalue weighted by molar-refractivity contribution is -0.136. The van der Waals surface area contributed by atoms with Gasteiger partial charge in [-0.05, 0) is 46.3 Å². The highest BCUT2D eigenvalue weighted by molar-refractivity contribution is 8.04. The Balaban J connectivity index is 2.46. The average molecular weight is 273 g/mol. The van der Waals surface area contributed by atoms with Crippen LogP contribution in [0.2, 0.25) is 0 Å². The predicted octanol–water partition coefficient (Wildman–Crippen LogP) is 3.19. The number of carboxylic acids is 1. The van der Waals surface area contributed by atoms with E-state index in [9.17, 15) is 4.79 Å². The fourth-order valence-electron chi connectivity index (χ4n) is 1.85. The Morgan fingerprint density at radius 1 is 1.32 bits per heavy atom. The monoisotopic (exact) mass is 273 g/mol. The molecule has 0 saturated carbocycles. The second kappa shape index (κ2) is 5.63. The number of thiocyanates is 1. The van der Waals surface area contributed by atoms with Crippen molar-refractivity contribution >= 4 is 28.5 Å². The first-order valence-corrected chi connectivity index (χ1v) is 6.39. The fourth-order valence-corrected chi connectivity index (χ4v) is 2.34. The van der Waals surface area contributed by atoms with Gasteiger partial charge in [-0.1, -0.05) is 18.2 Å². The molecule has 0 fully saturated rings. The minimum Gasteiger partial charge on any atom is -0.497 e. The highest BCUT2D eigenvalue weighted by atomic mass is 32.2. The van der Waals surface area contributed by atoms with Crippen LogP contribution in [-0.4, -0.2) is 18.2 Å². The van der Waals surface area contributed by atoms with Crippen molar-refractivity contribution in [2.45, 2.75) is 5.25 Å². The van der Waals surface area contributed by atoms with Crippen molar-refractivity contribution in [3.8, 4) is 11.2 Å². The molecule has 4 nitrogen and oxygen atoms in total. The predicted molar refractivity (Wildman–Crippen MR) is 74.1 cm³/mol. The van der Waals surface area contributed by atoms with Gasteiger partial charge in [0.25, 0.3) is 0 Å². The van der Waals surface area contributed by atoms with E-state index in [1.54, 1.807) is 19.2 Å². The number of thioether (sulfide) groups is 1. The lowest BCUT2D eigenvalue weighted by Gasteiger charge is -2.09. The number of hydrogen-bond acceptors (Lipinski definition) is 4. The van der Waals surface area contributed by atoms with Gasteiger partial charge in [-0.2, -0.15) is 5.26 Å². The molecule has 0 aromatic heterocycles. The molecule has 2 aromatic carbocycles. The van der Waals surface area contributed by atoms with E-state index < -0.39 is 11.2 Å². The Morgan fingerprint density at radius 2 is 2.00 bits per heavy atom. The molecular weight excluding hydrogens is 262 g/mol. The number of nitrogens with zero attached hydrogens (tertiary/aromatic N) is 1. The van der Waals surface area contributed by atoms with Crippen LogP contribution in [0.3, 0.4) is 0 Å². The summed E-state index contributed by atoms with van der Waals surface area (Å²) in [5.41, 5.74) is 0.608. The maximum atomic E-state index is 11.1. The summed E-state index contributed by atoms with van der Waals surface area (Å²) < 4.78 is 5.14. The van der Waals surface area contributed by atoms with Crippen LogP contribution in [-0.2, 0) is 4.79 Å². The summed E-state index contributed by atoms with van der Waals surface area (Å²) in [6.45, 7) is 0. The number of nitriles is 1. The van der Waals surface area contributed by atoms with Crippen LogP contribution in [0.5, 0.6) is 5.75 Å². The summed E-state index contributed by atoms with van der Waals surface area (Å²) in [6, 6.07) is 10.9. The minimum atomic E-state index is -1.01. The number of carboxylic acid groups (broad SMARTS) is 1. The molecule has 0 bridgehead atoms. The van der Waals surface area contributed by atoms with Gasteiger partial charge in [-0.25, -0.2) is 0 Å². The Bertz CT molecular complexity index is 663. The second-order valence-corrected chi connectivity index (χ2v) is 4.79. The van der Waals surface area contributed by atoms with E-state index in [1.807, 2.05) is 29.7 Å². The summed E-state index contributed by atoms with van der Waals surface area (Å²) in [5.74, 6) is -0.263. The van der Waals surface area contributed by atoms with E-state index in [0.29, 0.717) is 5.56 Å². The highest BCUT2D eigenvalue weighted by Crippen LogP contribution is 2.31. The van der Waals surface area contributed by atoms with E-state index in [2.05, 4.69) is 0 Å². The molecular formula is C14H11NO3S. The Morgan fingerprint density at radius 3 is 2.63 bits per heavy atom. The third kappa shape index (κ3) is 2.80. The second-order valence-electron chi connectivity index (χ2n) is 3.90. The van der Waals surface area contributed by atoms with Crippen molar-refractivity contribution in [3.63, 3.8) is 0 Å². The van der Waals surface area contributed by atoms with Crippen molar-refractivity contribution in [1.82, 2.24) is 0 Å². The minimum absolute atomic E-state index is 0.608. The molecule has 0 spiro atoms. The molecule has 0 saturated heterocycles. The third-order valence-corrected chi connectivity index (χ3v) is 3.58. The molecule has 1 N–H and O–H groups in total. The zero-order chi connectivity index (χ0) is 13.8. The highest BCUT2D eigenvalue weighted by Gasteiger charge is 2.20. The number of methoxy groups -OCH3 is 1. The normalized spacial score (nSPS) is 11.8. The lowest BCUT2D eigenvalue weighted by Crippen LogP contribution is -2.07. The molecule has 0 aliphatic carbocycles. The van der Waals surface area contributed by atoms with E-state index in [0.717, 1.165) is 28.3 Å². The van der Waals surface area contributed by atoms with Gasteiger partial charge in [0, 0.05) is 0 Å². The van der Waals surface area contributed by atoms with Gasteiger partial charge >= 0.3 is 5.97 Å². The SMILES string of the molecule is COc1ccc2cc(C(SC#N)C(=O)O)ccc2c1. The van der Waals surface area contributed by atoms with Crippen molar-refractivity contribution in [3.05, 3.63) is 42.0 Å². The zero-order valence-corrected chi connectivity index (χ0v) is 11.0. The quantitative estimate of drug-likeness (QED) is 0.866. The number of rotatable bonds is 4. The topological polar surface area (TPSA) is 70.3 Å². The number of aliphatic carboxylic acids is 1. The van der Waals surface area contributed by atoms with Crippen molar-refractivity contribution in [1.29, 1.82) is 5.26 Å². The molecule has 1 atom stereocenters. The molecule has 19 heavy (non-hydrogen) atoms. The molecule has 0 heterocycles. The van der Waals surface area contributed by atoms with Crippen LogP contribution in [0.1, 0.15) is 10.8 Å². The fraction of sp³-hybridized carbons (Fsp3) is 0.143. The summed E-state index contributed by atoms with van der Waals surface area (Å²) >= 11 is 0.735. The Hall–Kier alpha value is -2.19. The number of carbonyl (C=O) groups is 1. The first-order chi connectivity index (χ1) is 9.15. The molecule has 0 aliphatic heterocycles. The van der Waals surface area contributed by atoms with Gasteiger partial charge in [0.2, 0.25) is 0 Å².